The summed E-state index contributed by atoms with van der Waals surface area (Å²) in [7, 11) is -3.67. The number of benzene rings is 2. The van der Waals surface area contributed by atoms with Crippen LogP contribution >= 0.6 is 0 Å². The average Bonchev–Trinajstić information content (AvgIpc) is 2.66. The Kier molecular flexibility index (Phi) is 5.10. The molecular weight excluding hydrogens is 360 g/mol. The molecule has 0 amide bonds. The van der Waals surface area contributed by atoms with Crippen molar-refractivity contribution in [2.45, 2.75) is 18.7 Å². The van der Waals surface area contributed by atoms with Crippen molar-refractivity contribution < 1.29 is 8.42 Å². The van der Waals surface area contributed by atoms with Crippen LogP contribution in [0.3, 0.4) is 0 Å². The molecule has 0 bridgehead atoms. The summed E-state index contributed by atoms with van der Waals surface area (Å²) in [6, 6.07) is 17.3. The first kappa shape index (κ1) is 18.4. The summed E-state index contributed by atoms with van der Waals surface area (Å²) in [5.74, 6) is 0.564. The van der Waals surface area contributed by atoms with Crippen LogP contribution in [-0.2, 0) is 10.0 Å². The molecule has 27 heavy (non-hydrogen) atoms. The molecule has 1 aromatic heterocycles. The average molecular weight is 378 g/mol. The van der Waals surface area contributed by atoms with E-state index in [1.807, 2.05) is 13.8 Å². The molecule has 0 unspecified atom stereocenters. The number of nitriles is 1. The van der Waals surface area contributed by atoms with E-state index in [0.717, 1.165) is 16.8 Å². The second-order valence-electron chi connectivity index (χ2n) is 6.10. The molecule has 3 aromatic rings. The molecule has 2 N–H and O–H groups in total. The summed E-state index contributed by atoms with van der Waals surface area (Å²) in [6.45, 7) is 3.81. The fraction of sp³-hybridized carbons (Fsp3) is 0.100. The largest absolute Gasteiger partial charge is 0.340 e. The van der Waals surface area contributed by atoms with E-state index in [1.54, 1.807) is 54.6 Å². The molecule has 0 aliphatic rings. The number of anilines is 3. The van der Waals surface area contributed by atoms with Gasteiger partial charge in [-0.1, -0.05) is 6.07 Å². The molecule has 0 aliphatic heterocycles. The molecule has 0 radical (unpaired) electrons. The third-order valence-electron chi connectivity index (χ3n) is 4.09. The van der Waals surface area contributed by atoms with E-state index in [-0.39, 0.29) is 4.90 Å². The quantitative estimate of drug-likeness (QED) is 0.696. The number of pyridine rings is 1. The van der Waals surface area contributed by atoms with Gasteiger partial charge >= 0.3 is 0 Å². The minimum absolute atomic E-state index is 0.213. The fourth-order valence-corrected chi connectivity index (χ4v) is 3.53. The zero-order valence-electron chi connectivity index (χ0n) is 14.9. The van der Waals surface area contributed by atoms with Crippen molar-refractivity contribution in [1.82, 2.24) is 4.98 Å². The Labute approximate surface area is 158 Å². The summed E-state index contributed by atoms with van der Waals surface area (Å²) in [4.78, 5) is 4.44. The standard InChI is InChI=1S/C20H18N4O2S/c1-14-3-9-19(11-15(14)2)27(25,26)24-18-8-10-20(22-13-18)23-17-6-4-16(12-21)5-7-17/h3-11,13,24H,1-2H3,(H,22,23). The molecule has 0 saturated carbocycles. The van der Waals surface area contributed by atoms with E-state index in [4.69, 9.17) is 5.26 Å². The van der Waals surface area contributed by atoms with Crippen molar-refractivity contribution in [3.63, 3.8) is 0 Å². The van der Waals surface area contributed by atoms with Gasteiger partial charge in [-0.15, -0.1) is 0 Å². The lowest BCUT2D eigenvalue weighted by molar-refractivity contribution is 0.601. The number of rotatable bonds is 5. The van der Waals surface area contributed by atoms with Gasteiger partial charge in [-0.3, -0.25) is 4.72 Å². The lowest BCUT2D eigenvalue weighted by atomic mass is 10.1. The minimum Gasteiger partial charge on any atom is -0.340 e. The predicted molar refractivity (Wildman–Crippen MR) is 105 cm³/mol. The Morgan fingerprint density at radius 1 is 0.926 bits per heavy atom. The van der Waals surface area contributed by atoms with Crippen molar-refractivity contribution in [3.8, 4) is 6.07 Å². The van der Waals surface area contributed by atoms with Crippen molar-refractivity contribution >= 4 is 27.2 Å². The molecule has 0 atom stereocenters. The highest BCUT2D eigenvalue weighted by atomic mass is 32.2. The van der Waals surface area contributed by atoms with Crippen molar-refractivity contribution in [2.75, 3.05) is 10.0 Å². The smallest absolute Gasteiger partial charge is 0.261 e. The molecule has 2 aromatic carbocycles. The van der Waals surface area contributed by atoms with Gasteiger partial charge in [0.05, 0.1) is 28.4 Å². The topological polar surface area (TPSA) is 94.9 Å². The second-order valence-corrected chi connectivity index (χ2v) is 7.78. The van der Waals surface area contributed by atoms with Crippen LogP contribution in [0.4, 0.5) is 17.2 Å². The third kappa shape index (κ3) is 4.43. The molecule has 3 rings (SSSR count). The highest BCUT2D eigenvalue weighted by Gasteiger charge is 2.15. The van der Waals surface area contributed by atoms with Gasteiger partial charge < -0.3 is 5.32 Å². The Hall–Kier alpha value is -3.37. The van der Waals surface area contributed by atoms with E-state index in [2.05, 4.69) is 21.1 Å². The van der Waals surface area contributed by atoms with Crippen LogP contribution in [-0.4, -0.2) is 13.4 Å². The zero-order valence-corrected chi connectivity index (χ0v) is 15.7. The van der Waals surface area contributed by atoms with Crippen LogP contribution < -0.4 is 10.0 Å². The molecule has 7 heteroatoms. The van der Waals surface area contributed by atoms with Crippen LogP contribution in [0, 0.1) is 25.2 Å². The van der Waals surface area contributed by atoms with Gasteiger partial charge in [-0.2, -0.15) is 5.26 Å². The van der Waals surface area contributed by atoms with Gasteiger partial charge in [0.1, 0.15) is 5.82 Å². The molecule has 0 fully saturated rings. The third-order valence-corrected chi connectivity index (χ3v) is 5.47. The predicted octanol–water partition coefficient (Wildman–Crippen LogP) is 4.11. The van der Waals surface area contributed by atoms with Crippen LogP contribution in [0.2, 0.25) is 0 Å². The molecule has 136 valence electrons. The molecule has 6 nitrogen and oxygen atoms in total. The molecule has 0 aliphatic carbocycles. The summed E-state index contributed by atoms with van der Waals surface area (Å²) in [6.07, 6.45) is 1.45. The van der Waals surface area contributed by atoms with E-state index in [1.165, 1.54) is 6.20 Å². The summed E-state index contributed by atoms with van der Waals surface area (Å²) in [5, 5.41) is 11.9. The number of aryl methyl sites for hydroxylation is 2. The molecule has 0 saturated heterocycles. The van der Waals surface area contributed by atoms with Gasteiger partial charge in [0.15, 0.2) is 0 Å². The fourth-order valence-electron chi connectivity index (χ4n) is 2.40. The highest BCUT2D eigenvalue weighted by Crippen LogP contribution is 2.20. The van der Waals surface area contributed by atoms with Crippen LogP contribution in [0.5, 0.6) is 0 Å². The molecule has 0 spiro atoms. The maximum Gasteiger partial charge on any atom is 0.261 e. The molecular formula is C20H18N4O2S. The Morgan fingerprint density at radius 2 is 1.63 bits per heavy atom. The van der Waals surface area contributed by atoms with E-state index in [9.17, 15) is 8.42 Å². The summed E-state index contributed by atoms with van der Waals surface area (Å²) in [5.41, 5.74) is 3.68. The van der Waals surface area contributed by atoms with Gasteiger partial charge in [-0.05, 0) is 73.5 Å². The van der Waals surface area contributed by atoms with E-state index >= 15 is 0 Å². The first-order valence-corrected chi connectivity index (χ1v) is 9.69. The first-order chi connectivity index (χ1) is 12.9. The lowest BCUT2D eigenvalue weighted by Crippen LogP contribution is -2.13. The Balaban J connectivity index is 1.72. The lowest BCUT2D eigenvalue weighted by Gasteiger charge is -2.10. The summed E-state index contributed by atoms with van der Waals surface area (Å²) < 4.78 is 27.6. The van der Waals surface area contributed by atoms with Gasteiger partial charge in [0, 0.05) is 5.69 Å². The van der Waals surface area contributed by atoms with Crippen molar-refractivity contribution in [3.05, 3.63) is 77.5 Å². The Bertz CT molecular complexity index is 1100. The number of nitrogens with one attached hydrogen (secondary N) is 2. The number of sulfonamides is 1. The number of nitrogens with zero attached hydrogens (tertiary/aromatic N) is 2. The number of hydrogen-bond acceptors (Lipinski definition) is 5. The van der Waals surface area contributed by atoms with Crippen LogP contribution in [0.1, 0.15) is 16.7 Å². The normalized spacial score (nSPS) is 10.9. The van der Waals surface area contributed by atoms with E-state index in [0.29, 0.717) is 17.1 Å². The first-order valence-electron chi connectivity index (χ1n) is 8.21. The SMILES string of the molecule is Cc1ccc(S(=O)(=O)Nc2ccc(Nc3ccc(C#N)cc3)nc2)cc1C. The van der Waals surface area contributed by atoms with Gasteiger partial charge in [0.2, 0.25) is 0 Å². The minimum atomic E-state index is -3.67. The van der Waals surface area contributed by atoms with Crippen molar-refractivity contribution in [1.29, 1.82) is 5.26 Å². The maximum absolute atomic E-state index is 12.5. The van der Waals surface area contributed by atoms with Gasteiger partial charge in [0.25, 0.3) is 10.0 Å². The Morgan fingerprint density at radius 3 is 2.22 bits per heavy atom. The summed E-state index contributed by atoms with van der Waals surface area (Å²) >= 11 is 0. The van der Waals surface area contributed by atoms with Crippen LogP contribution in [0.15, 0.2) is 65.7 Å². The highest BCUT2D eigenvalue weighted by molar-refractivity contribution is 7.92. The maximum atomic E-state index is 12.5. The van der Waals surface area contributed by atoms with Crippen molar-refractivity contribution in [2.24, 2.45) is 0 Å². The van der Waals surface area contributed by atoms with Gasteiger partial charge in [-0.25, -0.2) is 13.4 Å². The zero-order chi connectivity index (χ0) is 19.4. The number of aromatic nitrogens is 1. The van der Waals surface area contributed by atoms with E-state index < -0.39 is 10.0 Å². The second kappa shape index (κ2) is 7.48. The number of hydrogen-bond donors (Lipinski definition) is 2. The molecule has 1 heterocycles. The van der Waals surface area contributed by atoms with Crippen LogP contribution in [0.25, 0.3) is 0 Å². The monoisotopic (exact) mass is 378 g/mol.